The lowest BCUT2D eigenvalue weighted by atomic mass is 9.40. The van der Waals surface area contributed by atoms with Crippen molar-refractivity contribution < 1.29 is 9.53 Å². The van der Waals surface area contributed by atoms with Gasteiger partial charge in [-0.05, 0) is 36.8 Å². The molecular formula is C14H15Cl2NO2. The summed E-state index contributed by atoms with van der Waals surface area (Å²) >= 11 is 11.7. The summed E-state index contributed by atoms with van der Waals surface area (Å²) in [6.07, 6.45) is 3.29. The van der Waals surface area contributed by atoms with Gasteiger partial charge in [0.15, 0.2) is 6.61 Å². The summed E-state index contributed by atoms with van der Waals surface area (Å²) < 4.78 is 5.41. The Labute approximate surface area is 122 Å². The predicted molar refractivity (Wildman–Crippen MR) is 74.8 cm³/mol. The summed E-state index contributed by atoms with van der Waals surface area (Å²) in [6.45, 7) is 2.27. The van der Waals surface area contributed by atoms with Crippen LogP contribution in [0.25, 0.3) is 0 Å². The van der Waals surface area contributed by atoms with Crippen LogP contribution in [0.5, 0.6) is 5.75 Å². The Morgan fingerprint density at radius 1 is 1.32 bits per heavy atom. The molecule has 1 aromatic rings. The molecule has 102 valence electrons. The van der Waals surface area contributed by atoms with Crippen molar-refractivity contribution in [1.82, 2.24) is 5.32 Å². The van der Waals surface area contributed by atoms with Gasteiger partial charge in [-0.3, -0.25) is 4.79 Å². The number of hydrogen-bond donors (Lipinski definition) is 1. The Morgan fingerprint density at radius 3 is 2.58 bits per heavy atom. The number of carbonyl (C=O) groups excluding carboxylic acids is 1. The van der Waals surface area contributed by atoms with Gasteiger partial charge in [-0.15, -0.1) is 0 Å². The second kappa shape index (κ2) is 4.29. The first-order valence-corrected chi connectivity index (χ1v) is 7.04. The Hall–Kier alpha value is -0.930. The molecule has 19 heavy (non-hydrogen) atoms. The molecule has 0 saturated heterocycles. The van der Waals surface area contributed by atoms with Gasteiger partial charge in [-0.2, -0.15) is 0 Å². The van der Waals surface area contributed by atoms with Gasteiger partial charge in [0.25, 0.3) is 5.91 Å². The highest BCUT2D eigenvalue weighted by molar-refractivity contribution is 6.42. The maximum atomic E-state index is 11.8. The number of benzene rings is 1. The van der Waals surface area contributed by atoms with E-state index in [1.165, 1.54) is 0 Å². The highest BCUT2D eigenvalue weighted by atomic mass is 35.5. The number of rotatable bonds is 4. The molecule has 3 nitrogen and oxygen atoms in total. The molecule has 3 aliphatic carbocycles. The molecule has 3 aliphatic rings. The lowest BCUT2D eigenvalue weighted by Crippen LogP contribution is -2.73. The first-order chi connectivity index (χ1) is 8.90. The minimum atomic E-state index is -0.0761. The van der Waals surface area contributed by atoms with Crippen molar-refractivity contribution in [3.8, 4) is 5.75 Å². The molecule has 1 N–H and O–H groups in total. The van der Waals surface area contributed by atoms with Crippen LogP contribution < -0.4 is 10.1 Å². The Kier molecular flexibility index (Phi) is 2.95. The van der Waals surface area contributed by atoms with Gasteiger partial charge in [-0.1, -0.05) is 30.1 Å². The quantitative estimate of drug-likeness (QED) is 0.925. The third kappa shape index (κ3) is 2.41. The molecule has 0 heterocycles. The van der Waals surface area contributed by atoms with Gasteiger partial charge in [-0.25, -0.2) is 0 Å². The molecule has 5 heteroatoms. The zero-order valence-electron chi connectivity index (χ0n) is 10.6. The van der Waals surface area contributed by atoms with Crippen LogP contribution >= 0.6 is 23.2 Å². The number of nitrogens with one attached hydrogen (secondary N) is 1. The van der Waals surface area contributed by atoms with Crippen molar-refractivity contribution in [2.45, 2.75) is 31.7 Å². The lowest BCUT2D eigenvalue weighted by Gasteiger charge is -2.69. The van der Waals surface area contributed by atoms with Crippen molar-refractivity contribution in [3.63, 3.8) is 0 Å². The van der Waals surface area contributed by atoms with Crippen molar-refractivity contribution in [2.24, 2.45) is 5.41 Å². The van der Waals surface area contributed by atoms with Crippen LogP contribution in [0, 0.1) is 5.41 Å². The molecule has 4 rings (SSSR count). The monoisotopic (exact) mass is 299 g/mol. The summed E-state index contributed by atoms with van der Waals surface area (Å²) in [6, 6.07) is 4.96. The maximum absolute atomic E-state index is 11.8. The molecular weight excluding hydrogens is 285 g/mol. The van der Waals surface area contributed by atoms with E-state index >= 15 is 0 Å². The lowest BCUT2D eigenvalue weighted by molar-refractivity contribution is -0.157. The SMILES string of the molecule is CC12CC(NC(=O)COc3ccc(Cl)c(Cl)c3)(C1)C2. The smallest absolute Gasteiger partial charge is 0.258 e. The third-order valence-corrected chi connectivity index (χ3v) is 4.70. The Balaban J connectivity index is 1.49. The molecule has 3 fully saturated rings. The average molecular weight is 300 g/mol. The highest BCUT2D eigenvalue weighted by Gasteiger charge is 2.65. The molecule has 0 spiro atoms. The molecule has 0 atom stereocenters. The number of ether oxygens (including phenoxy) is 1. The van der Waals surface area contributed by atoms with E-state index in [0.29, 0.717) is 21.2 Å². The van der Waals surface area contributed by atoms with Gasteiger partial charge in [0.05, 0.1) is 10.0 Å². The molecule has 3 saturated carbocycles. The Morgan fingerprint density at radius 2 is 2.00 bits per heavy atom. The number of carbonyl (C=O) groups is 1. The van der Waals surface area contributed by atoms with Gasteiger partial charge < -0.3 is 10.1 Å². The zero-order chi connectivity index (χ0) is 13.7. The molecule has 2 bridgehead atoms. The van der Waals surface area contributed by atoms with Crippen molar-refractivity contribution in [2.75, 3.05) is 6.61 Å². The molecule has 1 amide bonds. The third-order valence-electron chi connectivity index (χ3n) is 3.96. The highest BCUT2D eigenvalue weighted by Crippen LogP contribution is 2.66. The van der Waals surface area contributed by atoms with Gasteiger partial charge in [0, 0.05) is 11.6 Å². The minimum absolute atomic E-state index is 0.0103. The first kappa shape index (κ1) is 13.1. The fraction of sp³-hybridized carbons (Fsp3) is 0.500. The van der Waals surface area contributed by atoms with Crippen molar-refractivity contribution in [1.29, 1.82) is 0 Å². The summed E-state index contributed by atoms with van der Waals surface area (Å²) in [5, 5.41) is 3.95. The minimum Gasteiger partial charge on any atom is -0.484 e. The molecule has 0 radical (unpaired) electrons. The second-order valence-corrected chi connectivity index (χ2v) is 6.85. The van der Waals surface area contributed by atoms with E-state index in [0.717, 1.165) is 19.3 Å². The number of hydrogen-bond acceptors (Lipinski definition) is 2. The summed E-state index contributed by atoms with van der Waals surface area (Å²) in [5.74, 6) is 0.474. The van der Waals surface area contributed by atoms with Gasteiger partial charge in [0.1, 0.15) is 5.75 Å². The number of amides is 1. The fourth-order valence-electron chi connectivity index (χ4n) is 3.48. The van der Waals surface area contributed by atoms with Gasteiger partial charge >= 0.3 is 0 Å². The van der Waals surface area contributed by atoms with Crippen LogP contribution in [-0.2, 0) is 4.79 Å². The van der Waals surface area contributed by atoms with E-state index in [2.05, 4.69) is 12.2 Å². The van der Waals surface area contributed by atoms with E-state index in [9.17, 15) is 4.79 Å². The fourth-order valence-corrected chi connectivity index (χ4v) is 3.76. The summed E-state index contributed by atoms with van der Waals surface area (Å²) in [5.41, 5.74) is 0.546. The van der Waals surface area contributed by atoms with Crippen LogP contribution in [0.15, 0.2) is 18.2 Å². The van der Waals surface area contributed by atoms with Crippen LogP contribution in [0.2, 0.25) is 10.0 Å². The summed E-state index contributed by atoms with van der Waals surface area (Å²) in [4.78, 5) is 11.8. The molecule has 0 aromatic heterocycles. The standard InChI is InChI=1S/C14H15Cl2NO2/c1-13-6-14(7-13,8-13)17-12(18)5-19-9-2-3-10(15)11(16)4-9/h2-4H,5-8H2,1H3,(H,17,18). The Bertz CT molecular complexity index is 524. The van der Waals surface area contributed by atoms with Gasteiger partial charge in [0.2, 0.25) is 0 Å². The largest absolute Gasteiger partial charge is 0.484 e. The van der Waals surface area contributed by atoms with Crippen molar-refractivity contribution in [3.05, 3.63) is 28.2 Å². The van der Waals surface area contributed by atoms with Crippen LogP contribution in [0.3, 0.4) is 0 Å². The van der Waals surface area contributed by atoms with Crippen LogP contribution in [0.1, 0.15) is 26.2 Å². The predicted octanol–water partition coefficient (Wildman–Crippen LogP) is 3.43. The van der Waals surface area contributed by atoms with E-state index in [1.54, 1.807) is 18.2 Å². The zero-order valence-corrected chi connectivity index (χ0v) is 12.1. The first-order valence-electron chi connectivity index (χ1n) is 6.29. The molecule has 1 aromatic carbocycles. The topological polar surface area (TPSA) is 38.3 Å². The van der Waals surface area contributed by atoms with Crippen LogP contribution in [0.4, 0.5) is 0 Å². The van der Waals surface area contributed by atoms with E-state index in [1.807, 2.05) is 0 Å². The van der Waals surface area contributed by atoms with Crippen LogP contribution in [-0.4, -0.2) is 18.1 Å². The van der Waals surface area contributed by atoms with E-state index in [4.69, 9.17) is 27.9 Å². The van der Waals surface area contributed by atoms with Crippen molar-refractivity contribution >= 4 is 29.1 Å². The number of halogens is 2. The molecule has 0 unspecified atom stereocenters. The normalized spacial score (nSPS) is 31.1. The summed E-state index contributed by atoms with van der Waals surface area (Å²) in [7, 11) is 0. The average Bonchev–Trinajstić information content (AvgIpc) is 2.27. The molecule has 0 aliphatic heterocycles. The second-order valence-electron chi connectivity index (χ2n) is 6.03. The van der Waals surface area contributed by atoms with E-state index in [-0.39, 0.29) is 18.1 Å². The van der Waals surface area contributed by atoms with E-state index < -0.39 is 0 Å². The maximum Gasteiger partial charge on any atom is 0.258 e.